The molecule has 0 aliphatic heterocycles. The molecule has 0 bridgehead atoms. The van der Waals surface area contributed by atoms with Crippen LogP contribution in [0.5, 0.6) is 0 Å². The van der Waals surface area contributed by atoms with Crippen LogP contribution in [0.15, 0.2) is 176 Å². The summed E-state index contributed by atoms with van der Waals surface area (Å²) in [7, 11) is 0. The molecule has 12 rings (SSSR count). The standard InChI is InChI=1S/C54H39NS/c1-53(2)45-17-9-6-14-39(45)41-26-24-37(32-48(41)53)55(36-22-20-35(21-23-36)34-12-4-3-5-13-34)38-25-27-42-40-15-7-10-18-46(40)54(49(42)33-38)31-30-43-47(54)28-29-51-52(43)44-16-8-11-19-50(44)56-51/h3-29,32-33H,30-31H2,1-2H3. The first kappa shape index (κ1) is 32.1. The maximum atomic E-state index is 2.54. The molecule has 0 radical (unpaired) electrons. The molecule has 0 fully saturated rings. The number of aryl methyl sites for hydroxylation is 1. The van der Waals surface area contributed by atoms with Crippen molar-refractivity contribution in [3.8, 4) is 33.4 Å². The highest BCUT2D eigenvalue weighted by Crippen LogP contribution is 2.61. The van der Waals surface area contributed by atoms with Crippen LogP contribution in [0.1, 0.15) is 53.6 Å². The van der Waals surface area contributed by atoms with Crippen LogP contribution in [0.4, 0.5) is 17.1 Å². The second-order valence-corrected chi connectivity index (χ2v) is 17.5. The quantitative estimate of drug-likeness (QED) is 0.174. The normalized spacial score (nSPS) is 16.8. The predicted octanol–water partition coefficient (Wildman–Crippen LogP) is 14.8. The second kappa shape index (κ2) is 11.6. The minimum atomic E-state index is -0.209. The number of fused-ring (bicyclic) bond motifs is 14. The van der Waals surface area contributed by atoms with Gasteiger partial charge in [-0.1, -0.05) is 141 Å². The minimum absolute atomic E-state index is 0.0981. The Balaban J connectivity index is 1.07. The van der Waals surface area contributed by atoms with Gasteiger partial charge in [0.05, 0.1) is 0 Å². The van der Waals surface area contributed by atoms with Gasteiger partial charge in [0.2, 0.25) is 0 Å². The predicted molar refractivity (Wildman–Crippen MR) is 237 cm³/mol. The Bertz CT molecular complexity index is 3060. The summed E-state index contributed by atoms with van der Waals surface area (Å²) in [6.45, 7) is 4.75. The van der Waals surface area contributed by atoms with Crippen LogP contribution in [-0.2, 0) is 17.3 Å². The molecule has 1 heterocycles. The molecule has 0 amide bonds. The van der Waals surface area contributed by atoms with Gasteiger partial charge in [0, 0.05) is 48.1 Å². The van der Waals surface area contributed by atoms with E-state index in [0.717, 1.165) is 18.5 Å². The molecule has 266 valence electrons. The summed E-state index contributed by atoms with van der Waals surface area (Å²) in [4.78, 5) is 2.50. The fourth-order valence-electron chi connectivity index (χ4n) is 10.8. The molecule has 0 saturated heterocycles. The van der Waals surface area contributed by atoms with E-state index in [-0.39, 0.29) is 10.8 Å². The summed E-state index contributed by atoms with van der Waals surface area (Å²) < 4.78 is 2.77. The van der Waals surface area contributed by atoms with E-state index in [4.69, 9.17) is 0 Å². The SMILES string of the molecule is CC1(C)c2ccccc2-c2ccc(N(c3ccc(-c4ccccc4)cc3)c3ccc4c(c3)C3(CCc5c3ccc3sc6ccccc6c53)c3ccccc3-4)cc21. The number of anilines is 3. The van der Waals surface area contributed by atoms with Crippen molar-refractivity contribution in [3.05, 3.63) is 209 Å². The van der Waals surface area contributed by atoms with Crippen LogP contribution in [0.2, 0.25) is 0 Å². The largest absolute Gasteiger partial charge is 0.310 e. The van der Waals surface area contributed by atoms with Gasteiger partial charge in [0.25, 0.3) is 0 Å². The zero-order valence-corrected chi connectivity index (χ0v) is 32.3. The van der Waals surface area contributed by atoms with Crippen molar-refractivity contribution in [3.63, 3.8) is 0 Å². The summed E-state index contributed by atoms with van der Waals surface area (Å²) in [6, 6.07) is 66.3. The molecule has 1 spiro atoms. The smallest absolute Gasteiger partial charge is 0.0470 e. The maximum Gasteiger partial charge on any atom is 0.0470 e. The Kier molecular flexibility index (Phi) is 6.67. The lowest BCUT2D eigenvalue weighted by Gasteiger charge is -2.31. The van der Waals surface area contributed by atoms with Crippen molar-refractivity contribution in [2.75, 3.05) is 4.90 Å². The lowest BCUT2D eigenvalue weighted by molar-refractivity contribution is 0.626. The van der Waals surface area contributed by atoms with Gasteiger partial charge in [-0.3, -0.25) is 0 Å². The van der Waals surface area contributed by atoms with E-state index in [1.165, 1.54) is 98.3 Å². The van der Waals surface area contributed by atoms with Gasteiger partial charge in [0.1, 0.15) is 0 Å². The molecule has 2 heteroatoms. The van der Waals surface area contributed by atoms with E-state index in [2.05, 4.69) is 195 Å². The third kappa shape index (κ3) is 4.31. The average molecular weight is 734 g/mol. The number of nitrogens with zero attached hydrogens (tertiary/aromatic N) is 1. The van der Waals surface area contributed by atoms with Crippen LogP contribution in [-0.4, -0.2) is 0 Å². The van der Waals surface area contributed by atoms with E-state index < -0.39 is 0 Å². The fourth-order valence-corrected chi connectivity index (χ4v) is 11.9. The molecule has 8 aromatic carbocycles. The zero-order valence-electron chi connectivity index (χ0n) is 31.5. The Morgan fingerprint density at radius 3 is 1.82 bits per heavy atom. The van der Waals surface area contributed by atoms with Crippen molar-refractivity contribution < 1.29 is 0 Å². The van der Waals surface area contributed by atoms with Gasteiger partial charge in [-0.2, -0.15) is 0 Å². The van der Waals surface area contributed by atoms with Crippen LogP contribution in [0.3, 0.4) is 0 Å². The molecule has 0 saturated carbocycles. The highest BCUT2D eigenvalue weighted by Gasteiger charge is 2.49. The minimum Gasteiger partial charge on any atom is -0.310 e. The Labute approximate surface area is 332 Å². The summed E-state index contributed by atoms with van der Waals surface area (Å²) in [5, 5.41) is 2.86. The van der Waals surface area contributed by atoms with E-state index in [9.17, 15) is 0 Å². The van der Waals surface area contributed by atoms with Crippen molar-refractivity contribution in [2.24, 2.45) is 0 Å². The zero-order chi connectivity index (χ0) is 37.2. The van der Waals surface area contributed by atoms with Gasteiger partial charge < -0.3 is 4.90 Å². The molecule has 1 atom stereocenters. The van der Waals surface area contributed by atoms with Crippen LogP contribution in [0, 0.1) is 0 Å². The first-order valence-electron chi connectivity index (χ1n) is 19.9. The molecule has 56 heavy (non-hydrogen) atoms. The first-order chi connectivity index (χ1) is 27.5. The van der Waals surface area contributed by atoms with Gasteiger partial charge >= 0.3 is 0 Å². The van der Waals surface area contributed by atoms with E-state index in [0.29, 0.717) is 0 Å². The van der Waals surface area contributed by atoms with Crippen molar-refractivity contribution in [2.45, 2.75) is 37.5 Å². The number of rotatable bonds is 4. The molecule has 1 aromatic heterocycles. The van der Waals surface area contributed by atoms with Crippen molar-refractivity contribution in [1.29, 1.82) is 0 Å². The summed E-state index contributed by atoms with van der Waals surface area (Å²) in [5.74, 6) is 0. The molecule has 3 aliphatic rings. The van der Waals surface area contributed by atoms with E-state index in [1.807, 2.05) is 11.3 Å². The lowest BCUT2D eigenvalue weighted by atomic mass is 9.73. The van der Waals surface area contributed by atoms with Gasteiger partial charge in [-0.15, -0.1) is 11.3 Å². The monoisotopic (exact) mass is 733 g/mol. The van der Waals surface area contributed by atoms with Gasteiger partial charge in [-0.25, -0.2) is 0 Å². The first-order valence-corrected chi connectivity index (χ1v) is 20.7. The van der Waals surface area contributed by atoms with Crippen LogP contribution >= 0.6 is 11.3 Å². The summed E-state index contributed by atoms with van der Waals surface area (Å²) in [6.07, 6.45) is 2.13. The second-order valence-electron chi connectivity index (χ2n) is 16.4. The molecule has 1 unspecified atom stereocenters. The molecular weight excluding hydrogens is 695 g/mol. The van der Waals surface area contributed by atoms with Crippen molar-refractivity contribution >= 4 is 48.6 Å². The molecule has 3 aliphatic carbocycles. The van der Waals surface area contributed by atoms with Gasteiger partial charge in [0.15, 0.2) is 0 Å². The summed E-state index contributed by atoms with van der Waals surface area (Å²) >= 11 is 1.93. The Morgan fingerprint density at radius 2 is 1.04 bits per heavy atom. The molecule has 9 aromatic rings. The number of thiophene rings is 1. The maximum absolute atomic E-state index is 2.54. The number of benzene rings is 8. The highest BCUT2D eigenvalue weighted by atomic mass is 32.1. The van der Waals surface area contributed by atoms with Crippen molar-refractivity contribution in [1.82, 2.24) is 0 Å². The number of hydrogen-bond donors (Lipinski definition) is 0. The number of hydrogen-bond acceptors (Lipinski definition) is 2. The fraction of sp³-hybridized carbons (Fsp3) is 0.111. The van der Waals surface area contributed by atoms with Crippen LogP contribution < -0.4 is 4.90 Å². The van der Waals surface area contributed by atoms with E-state index in [1.54, 1.807) is 0 Å². The third-order valence-corrected chi connectivity index (χ3v) is 14.5. The lowest BCUT2D eigenvalue weighted by Crippen LogP contribution is -2.24. The third-order valence-electron chi connectivity index (χ3n) is 13.3. The van der Waals surface area contributed by atoms with Gasteiger partial charge in [-0.05, 0) is 128 Å². The Morgan fingerprint density at radius 1 is 0.446 bits per heavy atom. The highest BCUT2D eigenvalue weighted by molar-refractivity contribution is 7.25. The van der Waals surface area contributed by atoms with E-state index >= 15 is 0 Å². The Hall–Kier alpha value is -6.22. The molecule has 1 nitrogen and oxygen atoms in total. The topological polar surface area (TPSA) is 3.24 Å². The molecule has 0 N–H and O–H groups in total. The average Bonchev–Trinajstić information content (AvgIpc) is 3.97. The molecular formula is C54H39NS. The summed E-state index contributed by atoms with van der Waals surface area (Å²) in [5.41, 5.74) is 19.7. The van der Waals surface area contributed by atoms with Crippen LogP contribution in [0.25, 0.3) is 53.6 Å².